The molecular formula is C18H25N3O5S. The van der Waals surface area contributed by atoms with Gasteiger partial charge in [0.2, 0.25) is 15.9 Å². The fourth-order valence-electron chi connectivity index (χ4n) is 3.41. The van der Waals surface area contributed by atoms with Crippen molar-refractivity contribution in [3.8, 4) is 0 Å². The van der Waals surface area contributed by atoms with Crippen LogP contribution in [0.5, 0.6) is 0 Å². The van der Waals surface area contributed by atoms with Crippen LogP contribution in [0, 0.1) is 0 Å². The molecule has 2 aliphatic heterocycles. The van der Waals surface area contributed by atoms with Crippen LogP contribution in [-0.4, -0.2) is 87.3 Å². The lowest BCUT2D eigenvalue weighted by molar-refractivity contribution is -0.139. The number of benzene rings is 1. The van der Waals surface area contributed by atoms with Gasteiger partial charge in [0.15, 0.2) is 0 Å². The van der Waals surface area contributed by atoms with Gasteiger partial charge < -0.3 is 14.5 Å². The van der Waals surface area contributed by atoms with Gasteiger partial charge in [-0.05, 0) is 37.1 Å². The monoisotopic (exact) mass is 395 g/mol. The maximum absolute atomic E-state index is 12.9. The molecule has 3 rings (SSSR count). The average Bonchev–Trinajstić information content (AvgIpc) is 3.17. The average molecular weight is 395 g/mol. The fraction of sp³-hybridized carbons (Fsp3) is 0.556. The Kier molecular flexibility index (Phi) is 5.83. The van der Waals surface area contributed by atoms with E-state index in [2.05, 4.69) is 0 Å². The molecule has 27 heavy (non-hydrogen) atoms. The van der Waals surface area contributed by atoms with Crippen LogP contribution < -0.4 is 0 Å². The SMILES string of the molecule is CN(C)S(=O)(=O)c1ccc(C(=O)N2CCC[C@H]2C(=O)N2CCOCC2)cc1. The van der Waals surface area contributed by atoms with Gasteiger partial charge in [0, 0.05) is 39.3 Å². The molecule has 9 heteroatoms. The first-order valence-corrected chi connectivity index (χ1v) is 10.5. The number of carbonyl (C=O) groups excluding carboxylic acids is 2. The highest BCUT2D eigenvalue weighted by atomic mass is 32.2. The Hall–Kier alpha value is -1.97. The summed E-state index contributed by atoms with van der Waals surface area (Å²) in [4.78, 5) is 29.2. The fourth-order valence-corrected chi connectivity index (χ4v) is 4.31. The van der Waals surface area contributed by atoms with Gasteiger partial charge in [-0.25, -0.2) is 12.7 Å². The summed E-state index contributed by atoms with van der Waals surface area (Å²) in [6, 6.07) is 5.41. The molecule has 2 fully saturated rings. The number of hydrogen-bond acceptors (Lipinski definition) is 5. The van der Waals surface area contributed by atoms with Gasteiger partial charge in [-0.3, -0.25) is 9.59 Å². The Morgan fingerprint density at radius 1 is 1.07 bits per heavy atom. The number of sulfonamides is 1. The van der Waals surface area contributed by atoms with Crippen LogP contribution in [0.3, 0.4) is 0 Å². The molecular weight excluding hydrogens is 370 g/mol. The van der Waals surface area contributed by atoms with E-state index >= 15 is 0 Å². The minimum Gasteiger partial charge on any atom is -0.378 e. The Morgan fingerprint density at radius 2 is 1.70 bits per heavy atom. The van der Waals surface area contributed by atoms with Crippen molar-refractivity contribution >= 4 is 21.8 Å². The molecule has 8 nitrogen and oxygen atoms in total. The van der Waals surface area contributed by atoms with Crippen molar-refractivity contribution in [2.24, 2.45) is 0 Å². The number of carbonyl (C=O) groups is 2. The van der Waals surface area contributed by atoms with Crippen LogP contribution in [0.2, 0.25) is 0 Å². The minimum absolute atomic E-state index is 0.0315. The van der Waals surface area contributed by atoms with Crippen LogP contribution in [-0.2, 0) is 19.6 Å². The van der Waals surface area contributed by atoms with Gasteiger partial charge in [-0.2, -0.15) is 0 Å². The third-order valence-electron chi connectivity index (χ3n) is 5.00. The topological polar surface area (TPSA) is 87.2 Å². The van der Waals surface area contributed by atoms with E-state index < -0.39 is 16.1 Å². The van der Waals surface area contributed by atoms with Gasteiger partial charge in [0.25, 0.3) is 5.91 Å². The molecule has 1 aromatic rings. The van der Waals surface area contributed by atoms with Crippen molar-refractivity contribution in [3.05, 3.63) is 29.8 Å². The molecule has 0 N–H and O–H groups in total. The van der Waals surface area contributed by atoms with E-state index in [1.165, 1.54) is 38.4 Å². The number of rotatable bonds is 4. The van der Waals surface area contributed by atoms with Gasteiger partial charge in [0.05, 0.1) is 18.1 Å². The molecule has 148 valence electrons. The molecule has 0 bridgehead atoms. The van der Waals surface area contributed by atoms with E-state index in [0.29, 0.717) is 44.8 Å². The quantitative estimate of drug-likeness (QED) is 0.737. The molecule has 2 saturated heterocycles. The maximum atomic E-state index is 12.9. The Morgan fingerprint density at radius 3 is 2.30 bits per heavy atom. The molecule has 1 atom stereocenters. The third kappa shape index (κ3) is 3.99. The van der Waals surface area contributed by atoms with Crippen molar-refractivity contribution < 1.29 is 22.7 Å². The summed E-state index contributed by atoms with van der Waals surface area (Å²) in [5, 5.41) is 0. The first-order valence-electron chi connectivity index (χ1n) is 9.02. The number of ether oxygens (including phenoxy) is 1. The summed E-state index contributed by atoms with van der Waals surface area (Å²) in [5.74, 6) is -0.274. The number of hydrogen-bond donors (Lipinski definition) is 0. The Bertz CT molecular complexity index is 801. The van der Waals surface area contributed by atoms with Crippen molar-refractivity contribution in [2.45, 2.75) is 23.8 Å². The van der Waals surface area contributed by atoms with E-state index in [4.69, 9.17) is 4.74 Å². The second-order valence-electron chi connectivity index (χ2n) is 6.91. The third-order valence-corrected chi connectivity index (χ3v) is 6.83. The number of likely N-dealkylation sites (tertiary alicyclic amines) is 1. The zero-order valence-electron chi connectivity index (χ0n) is 15.6. The molecule has 2 amide bonds. The van der Waals surface area contributed by atoms with Crippen molar-refractivity contribution in [1.82, 2.24) is 14.1 Å². The molecule has 1 aromatic carbocycles. The lowest BCUT2D eigenvalue weighted by Gasteiger charge is -2.32. The van der Waals surface area contributed by atoms with Crippen molar-refractivity contribution in [3.63, 3.8) is 0 Å². The minimum atomic E-state index is -3.54. The highest BCUT2D eigenvalue weighted by Crippen LogP contribution is 2.23. The van der Waals surface area contributed by atoms with Crippen LogP contribution in [0.4, 0.5) is 0 Å². The zero-order valence-corrected chi connectivity index (χ0v) is 16.4. The standard InChI is InChI=1S/C18H25N3O5S/c1-19(2)27(24,25)15-7-5-14(6-8-15)17(22)21-9-3-4-16(21)18(23)20-10-12-26-13-11-20/h5-8,16H,3-4,9-13H2,1-2H3/t16-/m0/s1. The predicted octanol–water partition coefficient (Wildman–Crippen LogP) is 0.400. The molecule has 2 aliphatic rings. The number of amides is 2. The second kappa shape index (κ2) is 7.95. The lowest BCUT2D eigenvalue weighted by atomic mass is 10.1. The summed E-state index contributed by atoms with van der Waals surface area (Å²) in [5.41, 5.74) is 0.384. The van der Waals surface area contributed by atoms with Crippen molar-refractivity contribution in [2.75, 3.05) is 46.9 Å². The first kappa shape index (κ1) is 19.8. The second-order valence-corrected chi connectivity index (χ2v) is 9.06. The molecule has 0 aromatic heterocycles. The van der Waals surface area contributed by atoms with E-state index in [9.17, 15) is 18.0 Å². The van der Waals surface area contributed by atoms with Crippen LogP contribution in [0.1, 0.15) is 23.2 Å². The van der Waals surface area contributed by atoms with E-state index in [-0.39, 0.29) is 16.7 Å². The Balaban J connectivity index is 1.75. The summed E-state index contributed by atoms with van der Waals surface area (Å²) >= 11 is 0. The highest BCUT2D eigenvalue weighted by Gasteiger charge is 2.37. The molecule has 2 heterocycles. The van der Waals surface area contributed by atoms with Crippen LogP contribution >= 0.6 is 0 Å². The highest BCUT2D eigenvalue weighted by molar-refractivity contribution is 7.89. The van der Waals surface area contributed by atoms with Crippen LogP contribution in [0.15, 0.2) is 29.2 Å². The van der Waals surface area contributed by atoms with E-state index in [1.54, 1.807) is 9.80 Å². The molecule has 0 radical (unpaired) electrons. The summed E-state index contributed by atoms with van der Waals surface area (Å²) in [6.45, 7) is 2.67. The van der Waals surface area contributed by atoms with E-state index in [1.807, 2.05) is 0 Å². The van der Waals surface area contributed by atoms with Crippen LogP contribution in [0.25, 0.3) is 0 Å². The number of nitrogens with zero attached hydrogens (tertiary/aromatic N) is 3. The zero-order chi connectivity index (χ0) is 19.6. The van der Waals surface area contributed by atoms with Gasteiger partial charge >= 0.3 is 0 Å². The maximum Gasteiger partial charge on any atom is 0.254 e. The largest absolute Gasteiger partial charge is 0.378 e. The number of morpholine rings is 1. The normalized spacial score (nSPS) is 20.9. The summed E-state index contributed by atoms with van der Waals surface area (Å²) < 4.78 is 30.7. The summed E-state index contributed by atoms with van der Waals surface area (Å²) in [7, 11) is -0.624. The van der Waals surface area contributed by atoms with E-state index in [0.717, 1.165) is 10.7 Å². The summed E-state index contributed by atoms with van der Waals surface area (Å²) in [6.07, 6.45) is 1.43. The van der Waals surface area contributed by atoms with Gasteiger partial charge in [-0.1, -0.05) is 0 Å². The molecule has 0 saturated carbocycles. The van der Waals surface area contributed by atoms with Crippen molar-refractivity contribution in [1.29, 1.82) is 0 Å². The smallest absolute Gasteiger partial charge is 0.254 e. The van der Waals surface area contributed by atoms with Gasteiger partial charge in [-0.15, -0.1) is 0 Å². The lowest BCUT2D eigenvalue weighted by Crippen LogP contribution is -2.51. The molecule has 0 spiro atoms. The van der Waals surface area contributed by atoms with Gasteiger partial charge in [0.1, 0.15) is 6.04 Å². The molecule has 0 unspecified atom stereocenters. The Labute approximate surface area is 159 Å². The molecule has 0 aliphatic carbocycles. The first-order chi connectivity index (χ1) is 12.8. The predicted molar refractivity (Wildman–Crippen MR) is 98.8 cm³/mol.